The molecule has 1 aromatic rings. The van der Waals surface area contributed by atoms with Crippen molar-refractivity contribution in [3.63, 3.8) is 0 Å². The number of nitriles is 1. The van der Waals surface area contributed by atoms with Gasteiger partial charge in [-0.1, -0.05) is 26.8 Å². The summed E-state index contributed by atoms with van der Waals surface area (Å²) in [5.41, 5.74) is 0.777. The Hall–Kier alpha value is -2.55. The van der Waals surface area contributed by atoms with Gasteiger partial charge in [0, 0.05) is 24.8 Å². The monoisotopic (exact) mass is 329 g/mol. The zero-order chi connectivity index (χ0) is 17.9. The van der Waals surface area contributed by atoms with E-state index in [1.54, 1.807) is 43.9 Å². The van der Waals surface area contributed by atoms with Gasteiger partial charge < -0.3 is 15.3 Å². The predicted molar refractivity (Wildman–Crippen MR) is 90.3 cm³/mol. The third-order valence-corrected chi connectivity index (χ3v) is 4.22. The Bertz CT molecular complexity index is 673. The number of carboxylic acids is 1. The number of amides is 1. The van der Waals surface area contributed by atoms with Gasteiger partial charge in [-0.2, -0.15) is 5.26 Å². The Kier molecular flexibility index (Phi) is 5.13. The van der Waals surface area contributed by atoms with Crippen LogP contribution in [0.5, 0.6) is 0 Å². The van der Waals surface area contributed by atoms with Crippen LogP contribution >= 0.6 is 0 Å². The summed E-state index contributed by atoms with van der Waals surface area (Å²) in [5.74, 6) is -2.45. The number of nitrogens with one attached hydrogen (secondary N) is 1. The van der Waals surface area contributed by atoms with Crippen molar-refractivity contribution >= 4 is 17.6 Å². The van der Waals surface area contributed by atoms with Crippen LogP contribution in [0.25, 0.3) is 0 Å². The number of carboxylic acid groups (broad SMARTS) is 1. The lowest BCUT2D eigenvalue weighted by Gasteiger charge is -2.30. The molecule has 24 heavy (non-hydrogen) atoms. The molecule has 0 aromatic heterocycles. The molecular weight excluding hydrogens is 306 g/mol. The summed E-state index contributed by atoms with van der Waals surface area (Å²) in [6, 6.07) is 9.32. The van der Waals surface area contributed by atoms with Crippen LogP contribution < -0.4 is 5.32 Å². The van der Waals surface area contributed by atoms with Crippen molar-refractivity contribution in [1.82, 2.24) is 4.90 Å². The highest BCUT2D eigenvalue weighted by Gasteiger charge is 2.41. The van der Waals surface area contributed by atoms with Crippen LogP contribution in [-0.2, 0) is 9.59 Å². The van der Waals surface area contributed by atoms with E-state index in [1.165, 1.54) is 0 Å². The zero-order valence-corrected chi connectivity index (χ0v) is 14.2. The fraction of sp³-hybridized carbons (Fsp3) is 0.500. The summed E-state index contributed by atoms with van der Waals surface area (Å²) in [6.45, 7) is 6.30. The minimum atomic E-state index is -1.08. The van der Waals surface area contributed by atoms with Crippen molar-refractivity contribution in [3.8, 4) is 6.07 Å². The van der Waals surface area contributed by atoms with Crippen LogP contribution in [-0.4, -0.2) is 41.0 Å². The number of hydrogen-bond acceptors (Lipinski definition) is 4. The van der Waals surface area contributed by atoms with Crippen LogP contribution in [0.3, 0.4) is 0 Å². The fourth-order valence-corrected chi connectivity index (χ4v) is 3.02. The lowest BCUT2D eigenvalue weighted by Crippen LogP contribution is -2.44. The second kappa shape index (κ2) is 6.91. The molecule has 1 fully saturated rings. The number of anilines is 1. The summed E-state index contributed by atoms with van der Waals surface area (Å²) >= 11 is 0. The Balaban J connectivity index is 2.03. The molecule has 6 nitrogen and oxygen atoms in total. The maximum Gasteiger partial charge on any atom is 0.316 e. The number of hydrogen-bond donors (Lipinski definition) is 2. The number of nitrogens with zero attached hydrogens (tertiary/aromatic N) is 2. The average molecular weight is 329 g/mol. The molecule has 1 aromatic carbocycles. The molecule has 6 heteroatoms. The number of carbonyl (C=O) groups is 2. The molecule has 1 aliphatic heterocycles. The van der Waals surface area contributed by atoms with E-state index in [1.807, 2.05) is 6.07 Å². The molecule has 0 spiro atoms. The number of likely N-dealkylation sites (tertiary alicyclic amines) is 1. The van der Waals surface area contributed by atoms with Gasteiger partial charge >= 0.3 is 5.97 Å². The Morgan fingerprint density at radius 3 is 2.71 bits per heavy atom. The van der Waals surface area contributed by atoms with E-state index in [4.69, 9.17) is 5.26 Å². The second-order valence-corrected chi connectivity index (χ2v) is 7.24. The SMILES string of the molecule is CC(C)(C)C(C(=O)O)C(=O)N1CCC(Nc2cccc(C#N)c2)C1. The highest BCUT2D eigenvalue weighted by Crippen LogP contribution is 2.29. The number of rotatable bonds is 4. The van der Waals surface area contributed by atoms with E-state index in [2.05, 4.69) is 11.4 Å². The van der Waals surface area contributed by atoms with E-state index in [0.717, 1.165) is 12.1 Å². The molecule has 2 unspecified atom stereocenters. The highest BCUT2D eigenvalue weighted by atomic mass is 16.4. The second-order valence-electron chi connectivity index (χ2n) is 7.24. The van der Waals surface area contributed by atoms with Crippen LogP contribution in [0.4, 0.5) is 5.69 Å². The molecule has 2 atom stereocenters. The van der Waals surface area contributed by atoms with Crippen molar-refractivity contribution in [2.75, 3.05) is 18.4 Å². The van der Waals surface area contributed by atoms with E-state index in [9.17, 15) is 14.7 Å². The Labute approximate surface area is 142 Å². The Morgan fingerprint density at radius 2 is 2.12 bits per heavy atom. The largest absolute Gasteiger partial charge is 0.481 e. The predicted octanol–water partition coefficient (Wildman–Crippen LogP) is 2.32. The van der Waals surface area contributed by atoms with Gasteiger partial charge in [-0.3, -0.25) is 9.59 Å². The van der Waals surface area contributed by atoms with Gasteiger partial charge in [0.15, 0.2) is 0 Å². The maximum atomic E-state index is 12.6. The van der Waals surface area contributed by atoms with E-state index in [0.29, 0.717) is 18.7 Å². The summed E-state index contributed by atoms with van der Waals surface area (Å²) < 4.78 is 0. The third-order valence-electron chi connectivity index (χ3n) is 4.22. The normalized spacial score (nSPS) is 18.8. The standard InChI is InChI=1S/C18H23N3O3/c1-18(2,3)15(17(23)24)16(22)21-8-7-14(11-21)20-13-6-4-5-12(9-13)10-19/h4-6,9,14-15,20H,7-8,11H2,1-3H3,(H,23,24). The van der Waals surface area contributed by atoms with Gasteiger partial charge in [0.1, 0.15) is 5.92 Å². The third kappa shape index (κ3) is 4.05. The molecule has 1 amide bonds. The van der Waals surface area contributed by atoms with Crippen molar-refractivity contribution in [2.45, 2.75) is 33.2 Å². The molecular formula is C18H23N3O3. The molecule has 0 saturated carbocycles. The van der Waals surface area contributed by atoms with E-state index < -0.39 is 17.3 Å². The van der Waals surface area contributed by atoms with Crippen molar-refractivity contribution < 1.29 is 14.7 Å². The first-order chi connectivity index (χ1) is 11.2. The van der Waals surface area contributed by atoms with Gasteiger partial charge in [-0.05, 0) is 30.0 Å². The first-order valence-corrected chi connectivity index (χ1v) is 8.00. The Morgan fingerprint density at radius 1 is 1.42 bits per heavy atom. The van der Waals surface area contributed by atoms with Crippen LogP contribution in [0, 0.1) is 22.7 Å². The molecule has 0 radical (unpaired) electrons. The fourth-order valence-electron chi connectivity index (χ4n) is 3.02. The lowest BCUT2D eigenvalue weighted by atomic mass is 9.80. The molecule has 1 saturated heterocycles. The summed E-state index contributed by atoms with van der Waals surface area (Å²) in [7, 11) is 0. The highest BCUT2D eigenvalue weighted by molar-refractivity contribution is 5.97. The van der Waals surface area contributed by atoms with Crippen LogP contribution in [0.2, 0.25) is 0 Å². The number of carbonyl (C=O) groups excluding carboxylic acids is 1. The van der Waals surface area contributed by atoms with Gasteiger partial charge in [-0.25, -0.2) is 0 Å². The maximum absolute atomic E-state index is 12.6. The molecule has 0 bridgehead atoms. The van der Waals surface area contributed by atoms with Gasteiger partial charge in [0.05, 0.1) is 11.6 Å². The molecule has 2 rings (SSSR count). The minimum Gasteiger partial charge on any atom is -0.481 e. The minimum absolute atomic E-state index is 0.0531. The van der Waals surface area contributed by atoms with Crippen LogP contribution in [0.1, 0.15) is 32.8 Å². The smallest absolute Gasteiger partial charge is 0.316 e. The first-order valence-electron chi connectivity index (χ1n) is 8.00. The number of aliphatic carboxylic acids is 1. The van der Waals surface area contributed by atoms with Gasteiger partial charge in [0.2, 0.25) is 5.91 Å². The van der Waals surface area contributed by atoms with Crippen LogP contribution in [0.15, 0.2) is 24.3 Å². The van der Waals surface area contributed by atoms with E-state index >= 15 is 0 Å². The van der Waals surface area contributed by atoms with Crippen molar-refractivity contribution in [1.29, 1.82) is 5.26 Å². The molecule has 1 heterocycles. The summed E-state index contributed by atoms with van der Waals surface area (Å²) in [6.07, 6.45) is 0.749. The van der Waals surface area contributed by atoms with Crippen molar-refractivity contribution in [3.05, 3.63) is 29.8 Å². The molecule has 1 aliphatic rings. The first kappa shape index (κ1) is 17.8. The number of benzene rings is 1. The van der Waals surface area contributed by atoms with Gasteiger partial charge in [0.25, 0.3) is 0 Å². The van der Waals surface area contributed by atoms with Gasteiger partial charge in [-0.15, -0.1) is 0 Å². The molecule has 2 N–H and O–H groups in total. The average Bonchev–Trinajstić information content (AvgIpc) is 2.94. The summed E-state index contributed by atoms with van der Waals surface area (Å²) in [5, 5.41) is 21.7. The summed E-state index contributed by atoms with van der Waals surface area (Å²) in [4.78, 5) is 25.7. The quantitative estimate of drug-likeness (QED) is 0.827. The topological polar surface area (TPSA) is 93.4 Å². The molecule has 0 aliphatic carbocycles. The molecule has 128 valence electrons. The van der Waals surface area contributed by atoms with E-state index in [-0.39, 0.29) is 11.9 Å². The van der Waals surface area contributed by atoms with Crippen molar-refractivity contribution in [2.24, 2.45) is 11.3 Å². The zero-order valence-electron chi connectivity index (χ0n) is 14.2. The lowest BCUT2D eigenvalue weighted by molar-refractivity contribution is -0.155.